The summed E-state index contributed by atoms with van der Waals surface area (Å²) in [5.41, 5.74) is 6.07. The standard InChI is InChI=1S/C14H28N4S/c1-13(17-7-3-2-4-8-17)5-6-16-14(15)18-9-11-19-12-10-18/h13H,2-12H2,1H3,(H2,15,16). The van der Waals surface area contributed by atoms with Crippen molar-refractivity contribution in [3.05, 3.63) is 0 Å². The minimum absolute atomic E-state index is 0.647. The van der Waals surface area contributed by atoms with E-state index in [-0.39, 0.29) is 0 Å². The molecule has 0 aromatic rings. The number of nitrogens with zero attached hydrogens (tertiary/aromatic N) is 3. The first kappa shape index (κ1) is 15.0. The molecule has 0 spiro atoms. The van der Waals surface area contributed by atoms with Crippen molar-refractivity contribution < 1.29 is 0 Å². The minimum atomic E-state index is 0.647. The second kappa shape index (κ2) is 8.00. The highest BCUT2D eigenvalue weighted by Crippen LogP contribution is 2.14. The van der Waals surface area contributed by atoms with Crippen LogP contribution in [0.15, 0.2) is 4.99 Å². The predicted octanol–water partition coefficient (Wildman–Crippen LogP) is 1.61. The Bertz CT molecular complexity index is 283. The van der Waals surface area contributed by atoms with Crippen LogP contribution in [0.4, 0.5) is 0 Å². The van der Waals surface area contributed by atoms with Crippen LogP contribution in [-0.4, -0.2) is 66.0 Å². The number of piperidine rings is 1. The lowest BCUT2D eigenvalue weighted by atomic mass is 10.1. The Morgan fingerprint density at radius 1 is 1.16 bits per heavy atom. The lowest BCUT2D eigenvalue weighted by molar-refractivity contribution is 0.168. The van der Waals surface area contributed by atoms with Gasteiger partial charge in [0.05, 0.1) is 0 Å². The van der Waals surface area contributed by atoms with Crippen LogP contribution in [0.3, 0.4) is 0 Å². The fourth-order valence-corrected chi connectivity index (χ4v) is 3.70. The predicted molar refractivity (Wildman–Crippen MR) is 84.9 cm³/mol. The van der Waals surface area contributed by atoms with Crippen LogP contribution in [0.25, 0.3) is 0 Å². The number of guanidine groups is 1. The first-order valence-corrected chi connectivity index (χ1v) is 8.79. The molecule has 110 valence electrons. The lowest BCUT2D eigenvalue weighted by Gasteiger charge is -2.32. The highest BCUT2D eigenvalue weighted by Gasteiger charge is 2.16. The summed E-state index contributed by atoms with van der Waals surface area (Å²) in [6.07, 6.45) is 5.26. The molecule has 2 N–H and O–H groups in total. The maximum absolute atomic E-state index is 6.07. The molecule has 0 aliphatic carbocycles. The summed E-state index contributed by atoms with van der Waals surface area (Å²) in [5.74, 6) is 3.12. The van der Waals surface area contributed by atoms with Gasteiger partial charge in [-0.25, -0.2) is 0 Å². The molecule has 2 aliphatic heterocycles. The molecule has 19 heavy (non-hydrogen) atoms. The van der Waals surface area contributed by atoms with Gasteiger partial charge in [-0.3, -0.25) is 4.99 Å². The van der Waals surface area contributed by atoms with Crippen molar-refractivity contribution >= 4 is 17.7 Å². The number of thioether (sulfide) groups is 1. The molecule has 2 aliphatic rings. The Kier molecular flexibility index (Phi) is 6.31. The van der Waals surface area contributed by atoms with Gasteiger partial charge in [-0.1, -0.05) is 6.42 Å². The average molecular weight is 284 g/mol. The van der Waals surface area contributed by atoms with Gasteiger partial charge in [-0.2, -0.15) is 11.8 Å². The molecule has 5 heteroatoms. The van der Waals surface area contributed by atoms with Gasteiger partial charge >= 0.3 is 0 Å². The first-order valence-electron chi connectivity index (χ1n) is 7.64. The van der Waals surface area contributed by atoms with Crippen molar-refractivity contribution in [1.29, 1.82) is 0 Å². The Hall–Kier alpha value is -0.420. The van der Waals surface area contributed by atoms with Crippen LogP contribution < -0.4 is 5.73 Å². The van der Waals surface area contributed by atoms with E-state index in [0.29, 0.717) is 6.04 Å². The molecule has 4 nitrogen and oxygen atoms in total. The summed E-state index contributed by atoms with van der Waals surface area (Å²) in [6.45, 7) is 7.85. The fourth-order valence-electron chi connectivity index (χ4n) is 2.80. The Balaban J connectivity index is 1.68. The Labute approximate surface area is 121 Å². The molecule has 0 radical (unpaired) electrons. The van der Waals surface area contributed by atoms with Gasteiger partial charge in [0.1, 0.15) is 0 Å². The topological polar surface area (TPSA) is 44.9 Å². The summed E-state index contributed by atoms with van der Waals surface area (Å²) in [6, 6.07) is 0.647. The maximum atomic E-state index is 6.07. The minimum Gasteiger partial charge on any atom is -0.370 e. The number of hydrogen-bond donors (Lipinski definition) is 1. The molecular weight excluding hydrogens is 256 g/mol. The SMILES string of the molecule is CC(CCN=C(N)N1CCSCC1)N1CCCCC1. The molecule has 2 fully saturated rings. The van der Waals surface area contributed by atoms with Crippen LogP contribution in [0, 0.1) is 0 Å². The summed E-state index contributed by atoms with van der Waals surface area (Å²) < 4.78 is 0. The normalized spacial score (nSPS) is 24.5. The van der Waals surface area contributed by atoms with Gasteiger partial charge in [-0.15, -0.1) is 0 Å². The number of aliphatic imine (C=N–C) groups is 1. The maximum Gasteiger partial charge on any atom is 0.191 e. The van der Waals surface area contributed by atoms with Gasteiger partial charge in [-0.05, 0) is 39.3 Å². The smallest absolute Gasteiger partial charge is 0.191 e. The Morgan fingerprint density at radius 3 is 2.53 bits per heavy atom. The van der Waals surface area contributed by atoms with Gasteiger partial charge < -0.3 is 15.5 Å². The lowest BCUT2D eigenvalue weighted by Crippen LogP contribution is -2.43. The van der Waals surface area contributed by atoms with E-state index < -0.39 is 0 Å². The monoisotopic (exact) mass is 284 g/mol. The molecule has 0 amide bonds. The van der Waals surface area contributed by atoms with E-state index in [1.165, 1.54) is 43.9 Å². The fraction of sp³-hybridized carbons (Fsp3) is 0.929. The van der Waals surface area contributed by atoms with Gasteiger partial charge in [0.25, 0.3) is 0 Å². The van der Waals surface area contributed by atoms with Crippen molar-refractivity contribution in [1.82, 2.24) is 9.80 Å². The van der Waals surface area contributed by atoms with Crippen LogP contribution in [-0.2, 0) is 0 Å². The Morgan fingerprint density at radius 2 is 1.84 bits per heavy atom. The summed E-state index contributed by atoms with van der Waals surface area (Å²) in [5, 5.41) is 0. The van der Waals surface area contributed by atoms with Crippen LogP contribution >= 0.6 is 11.8 Å². The molecule has 1 unspecified atom stereocenters. The molecule has 2 saturated heterocycles. The van der Waals surface area contributed by atoms with Crippen molar-refractivity contribution in [3.8, 4) is 0 Å². The highest BCUT2D eigenvalue weighted by atomic mass is 32.2. The molecule has 0 aromatic carbocycles. The average Bonchev–Trinajstić information content (AvgIpc) is 2.49. The molecule has 1 atom stereocenters. The molecule has 2 rings (SSSR count). The van der Waals surface area contributed by atoms with Gasteiger partial charge in [0.15, 0.2) is 5.96 Å². The molecule has 0 bridgehead atoms. The van der Waals surface area contributed by atoms with E-state index >= 15 is 0 Å². The zero-order valence-corrected chi connectivity index (χ0v) is 13.0. The van der Waals surface area contributed by atoms with E-state index in [1.54, 1.807) is 0 Å². The van der Waals surface area contributed by atoms with E-state index in [2.05, 4.69) is 21.7 Å². The second-order valence-electron chi connectivity index (χ2n) is 5.57. The molecule has 0 aromatic heterocycles. The van der Waals surface area contributed by atoms with Crippen molar-refractivity contribution in [2.75, 3.05) is 44.2 Å². The third-order valence-electron chi connectivity index (χ3n) is 4.17. The van der Waals surface area contributed by atoms with Gasteiger partial charge in [0.2, 0.25) is 0 Å². The summed E-state index contributed by atoms with van der Waals surface area (Å²) in [4.78, 5) is 9.40. The van der Waals surface area contributed by atoms with Crippen molar-refractivity contribution in [2.24, 2.45) is 10.7 Å². The number of likely N-dealkylation sites (tertiary alicyclic amines) is 1. The zero-order valence-electron chi connectivity index (χ0n) is 12.2. The molecule has 2 heterocycles. The number of rotatable bonds is 4. The summed E-state index contributed by atoms with van der Waals surface area (Å²) >= 11 is 2.00. The number of nitrogens with two attached hydrogens (primary N) is 1. The van der Waals surface area contributed by atoms with E-state index in [4.69, 9.17) is 5.73 Å². The van der Waals surface area contributed by atoms with E-state index in [1.807, 2.05) is 11.8 Å². The molecular formula is C14H28N4S. The van der Waals surface area contributed by atoms with Crippen LogP contribution in [0.1, 0.15) is 32.6 Å². The third kappa shape index (κ3) is 4.88. The quantitative estimate of drug-likeness (QED) is 0.629. The van der Waals surface area contributed by atoms with Crippen LogP contribution in [0.2, 0.25) is 0 Å². The molecule has 0 saturated carbocycles. The van der Waals surface area contributed by atoms with E-state index in [0.717, 1.165) is 32.0 Å². The second-order valence-corrected chi connectivity index (χ2v) is 6.80. The third-order valence-corrected chi connectivity index (χ3v) is 5.11. The first-order chi connectivity index (χ1) is 9.27. The highest BCUT2D eigenvalue weighted by molar-refractivity contribution is 7.99. The number of hydrogen-bond acceptors (Lipinski definition) is 3. The summed E-state index contributed by atoms with van der Waals surface area (Å²) in [7, 11) is 0. The van der Waals surface area contributed by atoms with E-state index in [9.17, 15) is 0 Å². The zero-order chi connectivity index (χ0) is 13.5. The van der Waals surface area contributed by atoms with Crippen molar-refractivity contribution in [3.63, 3.8) is 0 Å². The van der Waals surface area contributed by atoms with Crippen molar-refractivity contribution in [2.45, 2.75) is 38.6 Å². The van der Waals surface area contributed by atoms with Crippen LogP contribution in [0.5, 0.6) is 0 Å². The largest absolute Gasteiger partial charge is 0.370 e. The van der Waals surface area contributed by atoms with Gasteiger partial charge in [0, 0.05) is 37.2 Å².